The third kappa shape index (κ3) is 3.06. The van der Waals surface area contributed by atoms with E-state index in [9.17, 15) is 4.79 Å². The predicted octanol–water partition coefficient (Wildman–Crippen LogP) is 1.27. The Kier molecular flexibility index (Phi) is 3.92. The molecule has 0 atom stereocenters. The van der Waals surface area contributed by atoms with E-state index >= 15 is 0 Å². The number of carbonyl (C=O) groups excluding carboxylic acids is 1. The molecule has 0 aliphatic carbocycles. The lowest BCUT2D eigenvalue weighted by Crippen LogP contribution is -2.35. The van der Waals surface area contributed by atoms with E-state index in [4.69, 9.17) is 9.47 Å². The van der Waals surface area contributed by atoms with Crippen LogP contribution in [-0.4, -0.2) is 44.8 Å². The van der Waals surface area contributed by atoms with Crippen LogP contribution in [0.2, 0.25) is 0 Å². The topological polar surface area (TPSA) is 50.8 Å². The summed E-state index contributed by atoms with van der Waals surface area (Å²) in [5.74, 6) is 1.58. The maximum Gasteiger partial charge on any atom is 0.316 e. The van der Waals surface area contributed by atoms with Crippen molar-refractivity contribution in [3.8, 4) is 11.5 Å². The van der Waals surface area contributed by atoms with Crippen LogP contribution in [-0.2, 0) is 6.42 Å². The van der Waals surface area contributed by atoms with E-state index < -0.39 is 0 Å². The molecular formula is C13H18N2O3. The molecule has 0 saturated heterocycles. The maximum absolute atomic E-state index is 11.3. The molecule has 0 fully saturated rings. The smallest absolute Gasteiger partial charge is 0.316 e. The molecule has 0 radical (unpaired) electrons. The summed E-state index contributed by atoms with van der Waals surface area (Å²) in [6, 6.07) is 5.80. The normalized spacial score (nSPS) is 13.0. The van der Waals surface area contributed by atoms with Gasteiger partial charge >= 0.3 is 6.03 Å². The van der Waals surface area contributed by atoms with Crippen LogP contribution in [0.15, 0.2) is 18.2 Å². The first-order valence-corrected chi connectivity index (χ1v) is 6.00. The molecule has 1 N–H and O–H groups in total. The number of ether oxygens (including phenoxy) is 2. The molecule has 98 valence electrons. The van der Waals surface area contributed by atoms with Crippen LogP contribution in [0, 0.1) is 0 Å². The second-order valence-corrected chi connectivity index (χ2v) is 4.35. The first kappa shape index (κ1) is 12.5. The number of nitrogens with zero attached hydrogens (tertiary/aromatic N) is 1. The minimum Gasteiger partial charge on any atom is -0.486 e. The fourth-order valence-electron chi connectivity index (χ4n) is 1.72. The molecule has 0 unspecified atom stereocenters. The SMILES string of the molecule is CN(C)C(=O)NCCc1ccc2c(c1)OCCO2. The number of fused-ring (bicyclic) bond motifs is 1. The number of urea groups is 1. The lowest BCUT2D eigenvalue weighted by molar-refractivity contribution is 0.171. The van der Waals surface area contributed by atoms with Crippen LogP contribution >= 0.6 is 0 Å². The first-order valence-electron chi connectivity index (χ1n) is 6.00. The van der Waals surface area contributed by atoms with Gasteiger partial charge in [0.2, 0.25) is 0 Å². The zero-order valence-corrected chi connectivity index (χ0v) is 10.7. The first-order chi connectivity index (χ1) is 8.66. The summed E-state index contributed by atoms with van der Waals surface area (Å²) in [5, 5.41) is 2.83. The molecule has 18 heavy (non-hydrogen) atoms. The van der Waals surface area contributed by atoms with Crippen LogP contribution in [0.4, 0.5) is 4.79 Å². The zero-order chi connectivity index (χ0) is 13.0. The van der Waals surface area contributed by atoms with E-state index in [0.29, 0.717) is 19.8 Å². The molecule has 5 nitrogen and oxygen atoms in total. The summed E-state index contributed by atoms with van der Waals surface area (Å²) in [5.41, 5.74) is 1.12. The molecule has 0 aromatic heterocycles. The molecule has 2 amide bonds. The Hall–Kier alpha value is -1.91. The van der Waals surface area contributed by atoms with E-state index in [1.807, 2.05) is 18.2 Å². The van der Waals surface area contributed by atoms with Gasteiger partial charge in [0.15, 0.2) is 11.5 Å². The largest absolute Gasteiger partial charge is 0.486 e. The monoisotopic (exact) mass is 250 g/mol. The highest BCUT2D eigenvalue weighted by molar-refractivity contribution is 5.73. The van der Waals surface area contributed by atoms with Gasteiger partial charge in [0.05, 0.1) is 0 Å². The van der Waals surface area contributed by atoms with Gasteiger partial charge in [-0.3, -0.25) is 0 Å². The molecule has 1 heterocycles. The van der Waals surface area contributed by atoms with Gasteiger partial charge in [-0.25, -0.2) is 4.79 Å². The lowest BCUT2D eigenvalue weighted by atomic mass is 10.1. The van der Waals surface area contributed by atoms with Crippen molar-refractivity contribution in [3.63, 3.8) is 0 Å². The van der Waals surface area contributed by atoms with E-state index in [1.165, 1.54) is 4.90 Å². The van der Waals surface area contributed by atoms with Crippen molar-refractivity contribution in [2.24, 2.45) is 0 Å². The van der Waals surface area contributed by atoms with Crippen molar-refractivity contribution in [1.29, 1.82) is 0 Å². The summed E-state index contributed by atoms with van der Waals surface area (Å²) in [6.07, 6.45) is 0.774. The predicted molar refractivity (Wildman–Crippen MR) is 68.2 cm³/mol. The minimum atomic E-state index is -0.0763. The quantitative estimate of drug-likeness (QED) is 0.879. The summed E-state index contributed by atoms with van der Waals surface area (Å²) in [4.78, 5) is 12.9. The second kappa shape index (κ2) is 5.62. The maximum atomic E-state index is 11.3. The molecule has 1 aliphatic rings. The van der Waals surface area contributed by atoms with Gasteiger partial charge < -0.3 is 19.7 Å². The van der Waals surface area contributed by atoms with Gasteiger partial charge in [-0.05, 0) is 24.1 Å². The summed E-state index contributed by atoms with van der Waals surface area (Å²) in [6.45, 7) is 1.80. The number of hydrogen-bond acceptors (Lipinski definition) is 3. The molecule has 0 bridgehead atoms. The van der Waals surface area contributed by atoms with E-state index in [0.717, 1.165) is 23.5 Å². The minimum absolute atomic E-state index is 0.0763. The van der Waals surface area contributed by atoms with Crippen molar-refractivity contribution < 1.29 is 14.3 Å². The highest BCUT2D eigenvalue weighted by atomic mass is 16.6. The number of carbonyl (C=O) groups is 1. The molecule has 1 aromatic carbocycles. The van der Waals surface area contributed by atoms with Gasteiger partial charge in [0.1, 0.15) is 13.2 Å². The number of amides is 2. The number of rotatable bonds is 3. The molecular weight excluding hydrogens is 232 g/mol. The Morgan fingerprint density at radius 2 is 2.00 bits per heavy atom. The fraction of sp³-hybridized carbons (Fsp3) is 0.462. The Bertz CT molecular complexity index is 432. The third-order valence-corrected chi connectivity index (χ3v) is 2.70. The van der Waals surface area contributed by atoms with Crippen molar-refractivity contribution in [2.45, 2.75) is 6.42 Å². The number of nitrogens with one attached hydrogen (secondary N) is 1. The molecule has 0 saturated carbocycles. The van der Waals surface area contributed by atoms with E-state index in [-0.39, 0.29) is 6.03 Å². The summed E-state index contributed by atoms with van der Waals surface area (Å²) < 4.78 is 11.0. The van der Waals surface area contributed by atoms with Crippen molar-refractivity contribution in [2.75, 3.05) is 33.9 Å². The highest BCUT2D eigenvalue weighted by Gasteiger charge is 2.11. The van der Waals surface area contributed by atoms with Crippen LogP contribution in [0.25, 0.3) is 0 Å². The van der Waals surface area contributed by atoms with Crippen LogP contribution in [0.5, 0.6) is 11.5 Å². The summed E-state index contributed by atoms with van der Waals surface area (Å²) in [7, 11) is 3.44. The molecule has 0 spiro atoms. The average Bonchev–Trinajstić information content (AvgIpc) is 2.38. The molecule has 1 aromatic rings. The van der Waals surface area contributed by atoms with Gasteiger partial charge in [0, 0.05) is 20.6 Å². The van der Waals surface area contributed by atoms with Gasteiger partial charge in [-0.15, -0.1) is 0 Å². The Morgan fingerprint density at radius 1 is 1.28 bits per heavy atom. The Balaban J connectivity index is 1.88. The van der Waals surface area contributed by atoms with Crippen molar-refractivity contribution in [1.82, 2.24) is 10.2 Å². The van der Waals surface area contributed by atoms with Gasteiger partial charge in [-0.2, -0.15) is 0 Å². The third-order valence-electron chi connectivity index (χ3n) is 2.70. The van der Waals surface area contributed by atoms with E-state index in [1.54, 1.807) is 14.1 Å². The Morgan fingerprint density at radius 3 is 2.72 bits per heavy atom. The lowest BCUT2D eigenvalue weighted by Gasteiger charge is -2.19. The summed E-state index contributed by atoms with van der Waals surface area (Å²) >= 11 is 0. The van der Waals surface area contributed by atoms with Gasteiger partial charge in [-0.1, -0.05) is 6.07 Å². The van der Waals surface area contributed by atoms with Gasteiger partial charge in [0.25, 0.3) is 0 Å². The number of benzene rings is 1. The fourth-order valence-corrected chi connectivity index (χ4v) is 1.72. The molecule has 5 heteroatoms. The van der Waals surface area contributed by atoms with Crippen LogP contribution < -0.4 is 14.8 Å². The zero-order valence-electron chi connectivity index (χ0n) is 10.7. The van der Waals surface area contributed by atoms with E-state index in [2.05, 4.69) is 5.32 Å². The van der Waals surface area contributed by atoms with Crippen LogP contribution in [0.3, 0.4) is 0 Å². The molecule has 1 aliphatic heterocycles. The second-order valence-electron chi connectivity index (χ2n) is 4.35. The molecule has 2 rings (SSSR count). The number of hydrogen-bond donors (Lipinski definition) is 1. The highest BCUT2D eigenvalue weighted by Crippen LogP contribution is 2.30. The standard InChI is InChI=1S/C13H18N2O3/c1-15(2)13(16)14-6-5-10-3-4-11-12(9-10)18-8-7-17-11/h3-4,9H,5-8H2,1-2H3,(H,14,16). The van der Waals surface area contributed by atoms with Crippen molar-refractivity contribution >= 4 is 6.03 Å². The average molecular weight is 250 g/mol. The Labute approximate surface area is 107 Å². The van der Waals surface area contributed by atoms with Crippen LogP contribution in [0.1, 0.15) is 5.56 Å². The van der Waals surface area contributed by atoms with Crippen molar-refractivity contribution in [3.05, 3.63) is 23.8 Å².